The molecular formula is C28H26F8N2O4S. The minimum absolute atomic E-state index is 0.0722. The van der Waals surface area contributed by atoms with E-state index in [1.54, 1.807) is 0 Å². The summed E-state index contributed by atoms with van der Waals surface area (Å²) in [6.07, 6.45) is -12.9. The molecule has 0 spiro atoms. The summed E-state index contributed by atoms with van der Waals surface area (Å²) in [4.78, 5) is 24.3. The number of aryl methyl sites for hydroxylation is 1. The van der Waals surface area contributed by atoms with E-state index >= 15 is 4.39 Å². The maximum absolute atomic E-state index is 15.0. The quantitative estimate of drug-likeness (QED) is 0.350. The average Bonchev–Trinajstić information content (AvgIpc) is 3.47. The van der Waals surface area contributed by atoms with Crippen LogP contribution >= 0.6 is 0 Å². The van der Waals surface area contributed by atoms with Crippen LogP contribution in [0.25, 0.3) is 0 Å². The zero-order valence-corrected chi connectivity index (χ0v) is 23.1. The Morgan fingerprint density at radius 2 is 1.60 bits per heavy atom. The van der Waals surface area contributed by atoms with Gasteiger partial charge < -0.3 is 10.6 Å². The molecule has 5 rings (SSSR count). The van der Waals surface area contributed by atoms with Crippen LogP contribution in [0.1, 0.15) is 48.8 Å². The van der Waals surface area contributed by atoms with Gasteiger partial charge in [-0.05, 0) is 67.5 Å². The van der Waals surface area contributed by atoms with Gasteiger partial charge in [0.15, 0.2) is 9.84 Å². The molecule has 0 aromatic heterocycles. The standard InChI is InChI=1S/C28H26F8N2O4S/c29-18-5-7-19(8-6-18)43(41,42)25-11-10-22(38-24(40)16-13-23(39)37-14-16)21(25)3-1-2-15-12-17(4-9-20(15)25)26(30,27(31,32)33)28(34,35)36/h4-9,12,16,21-22H,1-3,10-11,13-14H2,(H,37,39)(H,38,40)/t16-,21-,22+,25+/m0/s1. The van der Waals surface area contributed by atoms with Gasteiger partial charge in [-0.2, -0.15) is 26.3 Å². The van der Waals surface area contributed by atoms with Crippen molar-refractivity contribution in [2.24, 2.45) is 11.8 Å². The third-order valence-electron chi connectivity index (χ3n) is 8.89. The van der Waals surface area contributed by atoms with Crippen LogP contribution in [0.15, 0.2) is 47.4 Å². The summed E-state index contributed by atoms with van der Waals surface area (Å²) >= 11 is 0. The van der Waals surface area contributed by atoms with E-state index in [2.05, 4.69) is 10.6 Å². The van der Waals surface area contributed by atoms with Gasteiger partial charge in [0.1, 0.15) is 10.6 Å². The van der Waals surface area contributed by atoms with Gasteiger partial charge >= 0.3 is 18.0 Å². The van der Waals surface area contributed by atoms with Crippen LogP contribution in [-0.2, 0) is 36.3 Å². The van der Waals surface area contributed by atoms with Crippen LogP contribution in [0, 0.1) is 17.7 Å². The largest absolute Gasteiger partial charge is 0.435 e. The van der Waals surface area contributed by atoms with E-state index < -0.39 is 67.8 Å². The molecule has 0 bridgehead atoms. The summed E-state index contributed by atoms with van der Waals surface area (Å²) in [5, 5.41) is 5.35. The van der Waals surface area contributed by atoms with Crippen LogP contribution < -0.4 is 10.6 Å². The number of nitrogens with one attached hydrogen (secondary N) is 2. The zero-order chi connectivity index (χ0) is 31.6. The Labute approximate surface area is 241 Å². The fourth-order valence-corrected chi connectivity index (χ4v) is 9.32. The van der Waals surface area contributed by atoms with E-state index in [0.717, 1.165) is 30.3 Å². The number of carbonyl (C=O) groups is 2. The number of amides is 2. The van der Waals surface area contributed by atoms with E-state index in [1.165, 1.54) is 0 Å². The van der Waals surface area contributed by atoms with Crippen LogP contribution in [0.4, 0.5) is 35.1 Å². The number of carbonyl (C=O) groups excluding carboxylic acids is 2. The molecule has 2 fully saturated rings. The summed E-state index contributed by atoms with van der Waals surface area (Å²) in [5.74, 6) is -3.19. The SMILES string of the molecule is O=C1C[C@H](C(=O)N[C@@H]2CC[C@@]3(S(=O)(=O)c4ccc(F)cc4)c4ccc(C(F)(C(F)(F)F)C(F)(F)F)cc4CCC[C@@H]23)CN1. The Kier molecular flexibility index (Phi) is 7.58. The molecule has 2 N–H and O–H groups in total. The number of benzene rings is 2. The molecule has 0 unspecified atom stereocenters. The Bertz CT molecular complexity index is 1530. The molecule has 43 heavy (non-hydrogen) atoms. The molecular weight excluding hydrogens is 612 g/mol. The molecule has 15 heteroatoms. The molecule has 6 nitrogen and oxygen atoms in total. The lowest BCUT2D eigenvalue weighted by atomic mass is 9.82. The first-order valence-electron chi connectivity index (χ1n) is 13.5. The zero-order valence-electron chi connectivity index (χ0n) is 22.3. The van der Waals surface area contributed by atoms with Crippen molar-refractivity contribution in [2.75, 3.05) is 6.54 Å². The first-order valence-corrected chi connectivity index (χ1v) is 15.0. The minimum atomic E-state index is -6.36. The Hall–Kier alpha value is -3.23. The van der Waals surface area contributed by atoms with Crippen LogP contribution in [0.2, 0.25) is 0 Å². The lowest BCUT2D eigenvalue weighted by molar-refractivity contribution is -0.348. The van der Waals surface area contributed by atoms with Gasteiger partial charge in [-0.3, -0.25) is 9.59 Å². The second-order valence-electron chi connectivity index (χ2n) is 11.2. The fraction of sp³-hybridized carbons (Fsp3) is 0.500. The molecule has 1 heterocycles. The summed E-state index contributed by atoms with van der Waals surface area (Å²) in [7, 11) is -4.54. The van der Waals surface area contributed by atoms with Gasteiger partial charge in [0, 0.05) is 30.5 Å². The molecule has 2 aromatic carbocycles. The summed E-state index contributed by atoms with van der Waals surface area (Å²) in [6, 6.07) is 4.60. The van der Waals surface area contributed by atoms with E-state index in [9.17, 15) is 48.7 Å². The molecule has 2 aliphatic carbocycles. The van der Waals surface area contributed by atoms with Gasteiger partial charge in [-0.1, -0.05) is 18.2 Å². The highest BCUT2D eigenvalue weighted by Crippen LogP contribution is 2.58. The van der Waals surface area contributed by atoms with Crippen LogP contribution in [0.3, 0.4) is 0 Å². The molecule has 234 valence electrons. The van der Waals surface area contributed by atoms with E-state index in [-0.39, 0.29) is 67.0 Å². The lowest BCUT2D eigenvalue weighted by Crippen LogP contribution is -2.50. The highest BCUT2D eigenvalue weighted by molar-refractivity contribution is 7.92. The molecule has 3 aliphatic rings. The number of halogens is 8. The minimum Gasteiger partial charge on any atom is -0.355 e. The van der Waals surface area contributed by atoms with E-state index in [4.69, 9.17) is 0 Å². The van der Waals surface area contributed by atoms with Crippen molar-refractivity contribution in [1.82, 2.24) is 10.6 Å². The summed E-state index contributed by atoms with van der Waals surface area (Å²) in [5.41, 5.74) is -7.72. The monoisotopic (exact) mass is 638 g/mol. The van der Waals surface area contributed by atoms with Gasteiger partial charge in [0.2, 0.25) is 11.8 Å². The van der Waals surface area contributed by atoms with Crippen molar-refractivity contribution in [3.63, 3.8) is 0 Å². The maximum Gasteiger partial charge on any atom is 0.435 e. The Morgan fingerprint density at radius 3 is 2.19 bits per heavy atom. The first-order chi connectivity index (χ1) is 19.9. The predicted octanol–water partition coefficient (Wildman–Crippen LogP) is 5.15. The van der Waals surface area contributed by atoms with E-state index in [0.29, 0.717) is 12.1 Å². The molecule has 2 amide bonds. The van der Waals surface area contributed by atoms with Gasteiger partial charge in [0.25, 0.3) is 0 Å². The molecule has 1 aliphatic heterocycles. The highest BCUT2D eigenvalue weighted by atomic mass is 32.2. The number of sulfone groups is 1. The van der Waals surface area contributed by atoms with Crippen LogP contribution in [0.5, 0.6) is 0 Å². The van der Waals surface area contributed by atoms with Crippen molar-refractivity contribution >= 4 is 21.7 Å². The van der Waals surface area contributed by atoms with Crippen molar-refractivity contribution in [2.45, 2.75) is 72.2 Å². The first kappa shape index (κ1) is 31.2. The highest BCUT2D eigenvalue weighted by Gasteiger charge is 2.73. The number of rotatable bonds is 5. The normalized spacial score (nSPS) is 26.3. The third kappa shape index (κ3) is 4.87. The van der Waals surface area contributed by atoms with Gasteiger partial charge in [-0.15, -0.1) is 0 Å². The second kappa shape index (κ2) is 10.4. The van der Waals surface area contributed by atoms with Crippen molar-refractivity contribution in [3.8, 4) is 0 Å². The summed E-state index contributed by atoms with van der Waals surface area (Å²) < 4.78 is 137. The molecule has 1 saturated heterocycles. The molecule has 2 aromatic rings. The lowest BCUT2D eigenvalue weighted by Gasteiger charge is -2.38. The van der Waals surface area contributed by atoms with Gasteiger partial charge in [0.05, 0.1) is 10.8 Å². The average molecular weight is 639 g/mol. The second-order valence-corrected chi connectivity index (χ2v) is 13.4. The fourth-order valence-electron chi connectivity index (χ4n) is 6.84. The third-order valence-corrected chi connectivity index (χ3v) is 11.5. The predicted molar refractivity (Wildman–Crippen MR) is 135 cm³/mol. The number of fused-ring (bicyclic) bond motifs is 3. The van der Waals surface area contributed by atoms with Crippen LogP contribution in [-0.4, -0.2) is 45.2 Å². The summed E-state index contributed by atoms with van der Waals surface area (Å²) in [6.45, 7) is 0.0794. The Morgan fingerprint density at radius 1 is 0.953 bits per heavy atom. The van der Waals surface area contributed by atoms with Crippen molar-refractivity contribution in [1.29, 1.82) is 0 Å². The number of hydrogen-bond acceptors (Lipinski definition) is 4. The maximum atomic E-state index is 15.0. The van der Waals surface area contributed by atoms with Crippen molar-refractivity contribution in [3.05, 3.63) is 65.0 Å². The van der Waals surface area contributed by atoms with Gasteiger partial charge in [-0.25, -0.2) is 17.2 Å². The van der Waals surface area contributed by atoms with Crippen molar-refractivity contribution < 1.29 is 53.1 Å². The number of hydrogen-bond donors (Lipinski definition) is 2. The molecule has 1 saturated carbocycles. The molecule has 4 atom stereocenters. The Balaban J connectivity index is 1.66. The number of alkyl halides is 7. The molecule has 0 radical (unpaired) electrons. The van der Waals surface area contributed by atoms with E-state index in [1.807, 2.05) is 0 Å². The topological polar surface area (TPSA) is 92.3 Å². The smallest absolute Gasteiger partial charge is 0.355 e.